The topological polar surface area (TPSA) is 58.5 Å². The molecule has 0 amide bonds. The van der Waals surface area contributed by atoms with E-state index in [2.05, 4.69) is 53.9 Å². The van der Waals surface area contributed by atoms with Gasteiger partial charge in [-0.05, 0) is 5.56 Å². The van der Waals surface area contributed by atoms with E-state index in [1.807, 2.05) is 18.2 Å². The van der Waals surface area contributed by atoms with Gasteiger partial charge in [0.2, 0.25) is 0 Å². The molecule has 0 spiro atoms. The number of aromatic nitrogens is 1. The summed E-state index contributed by atoms with van der Waals surface area (Å²) in [4.78, 5) is 8.96. The lowest BCUT2D eigenvalue weighted by atomic mass is 9.93. The molecule has 0 bridgehead atoms. The van der Waals surface area contributed by atoms with Gasteiger partial charge in [0, 0.05) is 37.4 Å². The molecule has 0 aliphatic rings. The number of guanidine groups is 1. The average Bonchev–Trinajstić information content (AvgIpc) is 3.10. The lowest BCUT2D eigenvalue weighted by molar-refractivity contribution is 0.125. The highest BCUT2D eigenvalue weighted by Gasteiger charge is 2.17. The summed E-state index contributed by atoms with van der Waals surface area (Å²) in [6.45, 7) is 9.37. The van der Waals surface area contributed by atoms with E-state index in [0.717, 1.165) is 36.2 Å². The molecule has 1 aromatic heterocycles. The third-order valence-electron chi connectivity index (χ3n) is 3.83. The van der Waals surface area contributed by atoms with E-state index in [4.69, 9.17) is 9.72 Å². The molecule has 6 heteroatoms. The molecule has 0 aliphatic heterocycles. The fourth-order valence-electron chi connectivity index (χ4n) is 2.28. The van der Waals surface area contributed by atoms with Gasteiger partial charge in [-0.25, -0.2) is 4.98 Å². The van der Waals surface area contributed by atoms with Crippen molar-refractivity contribution in [3.05, 3.63) is 52.0 Å². The van der Waals surface area contributed by atoms with Gasteiger partial charge in [-0.2, -0.15) is 0 Å². The summed E-state index contributed by atoms with van der Waals surface area (Å²) < 4.78 is 5.67. The molecular formula is C20H30N4OS. The van der Waals surface area contributed by atoms with Crippen LogP contribution in [0.2, 0.25) is 0 Å². The summed E-state index contributed by atoms with van der Waals surface area (Å²) in [7, 11) is 1.78. The summed E-state index contributed by atoms with van der Waals surface area (Å²) in [6.07, 6.45) is 0.895. The Morgan fingerprint density at radius 3 is 2.54 bits per heavy atom. The Bertz CT molecular complexity index is 677. The van der Waals surface area contributed by atoms with Crippen LogP contribution in [0.4, 0.5) is 0 Å². The van der Waals surface area contributed by atoms with Crippen LogP contribution in [0, 0.1) is 0 Å². The highest BCUT2D eigenvalue weighted by atomic mass is 32.1. The summed E-state index contributed by atoms with van der Waals surface area (Å²) >= 11 is 1.73. The second-order valence-electron chi connectivity index (χ2n) is 7.09. The molecule has 5 nitrogen and oxygen atoms in total. The van der Waals surface area contributed by atoms with Crippen molar-refractivity contribution in [2.24, 2.45) is 4.99 Å². The number of aliphatic imine (C=N–C) groups is 1. The first-order chi connectivity index (χ1) is 12.5. The quantitative estimate of drug-likeness (QED) is 0.423. The van der Waals surface area contributed by atoms with Crippen LogP contribution >= 0.6 is 11.3 Å². The van der Waals surface area contributed by atoms with E-state index < -0.39 is 0 Å². The van der Waals surface area contributed by atoms with Gasteiger partial charge in [-0.15, -0.1) is 11.3 Å². The third kappa shape index (κ3) is 7.14. The predicted molar refractivity (Wildman–Crippen MR) is 110 cm³/mol. The monoisotopic (exact) mass is 374 g/mol. The van der Waals surface area contributed by atoms with Gasteiger partial charge in [0.05, 0.1) is 23.9 Å². The van der Waals surface area contributed by atoms with Gasteiger partial charge in [0.15, 0.2) is 5.96 Å². The first-order valence-electron chi connectivity index (χ1n) is 9.00. The van der Waals surface area contributed by atoms with Crippen LogP contribution < -0.4 is 10.6 Å². The van der Waals surface area contributed by atoms with Crippen molar-refractivity contribution in [3.63, 3.8) is 0 Å². The molecule has 2 N–H and O–H groups in total. The first-order valence-corrected chi connectivity index (χ1v) is 9.88. The van der Waals surface area contributed by atoms with E-state index >= 15 is 0 Å². The molecule has 0 radical (unpaired) electrons. The Labute approximate surface area is 160 Å². The molecule has 26 heavy (non-hydrogen) atoms. The second kappa shape index (κ2) is 10.3. The molecule has 0 aliphatic carbocycles. The number of ether oxygens (including phenoxy) is 1. The van der Waals surface area contributed by atoms with Gasteiger partial charge in [0.25, 0.3) is 0 Å². The zero-order chi connectivity index (χ0) is 18.8. The minimum absolute atomic E-state index is 0.111. The first kappa shape index (κ1) is 20.4. The number of thiazole rings is 1. The Kier molecular flexibility index (Phi) is 8.06. The third-order valence-corrected chi connectivity index (χ3v) is 4.73. The van der Waals surface area contributed by atoms with Crippen LogP contribution in [-0.2, 0) is 23.2 Å². The highest BCUT2D eigenvalue weighted by Crippen LogP contribution is 2.23. The maximum absolute atomic E-state index is 5.67. The van der Waals surface area contributed by atoms with Crippen molar-refractivity contribution in [2.75, 3.05) is 26.7 Å². The maximum Gasteiger partial charge on any atom is 0.191 e. The van der Waals surface area contributed by atoms with Crippen molar-refractivity contribution < 1.29 is 4.74 Å². The smallest absolute Gasteiger partial charge is 0.191 e. The van der Waals surface area contributed by atoms with Crippen molar-refractivity contribution in [1.82, 2.24) is 15.6 Å². The Hall–Kier alpha value is -1.92. The molecule has 1 aromatic carbocycles. The minimum atomic E-state index is 0.111. The fourth-order valence-corrected chi connectivity index (χ4v) is 3.31. The van der Waals surface area contributed by atoms with Crippen molar-refractivity contribution >= 4 is 17.3 Å². The Morgan fingerprint density at radius 2 is 1.88 bits per heavy atom. The van der Waals surface area contributed by atoms with Crippen molar-refractivity contribution in [3.8, 4) is 0 Å². The SMILES string of the molecule is CN=C(NCCOCc1ccccc1)NCCc1nc(C(C)(C)C)cs1. The average molecular weight is 375 g/mol. The molecule has 0 saturated carbocycles. The Morgan fingerprint density at radius 1 is 1.15 bits per heavy atom. The second-order valence-corrected chi connectivity index (χ2v) is 8.03. The van der Waals surface area contributed by atoms with E-state index in [1.165, 1.54) is 5.56 Å². The van der Waals surface area contributed by atoms with E-state index in [-0.39, 0.29) is 5.41 Å². The van der Waals surface area contributed by atoms with Gasteiger partial charge in [0.1, 0.15) is 0 Å². The number of benzene rings is 1. The highest BCUT2D eigenvalue weighted by molar-refractivity contribution is 7.09. The van der Waals surface area contributed by atoms with E-state index in [9.17, 15) is 0 Å². The molecule has 2 aromatic rings. The van der Waals surface area contributed by atoms with Crippen LogP contribution in [-0.4, -0.2) is 37.7 Å². The minimum Gasteiger partial charge on any atom is -0.375 e. The zero-order valence-corrected chi connectivity index (χ0v) is 17.0. The van der Waals surface area contributed by atoms with Gasteiger partial charge in [-0.3, -0.25) is 4.99 Å². The number of hydrogen-bond acceptors (Lipinski definition) is 4. The summed E-state index contributed by atoms with van der Waals surface area (Å²) in [5.41, 5.74) is 2.46. The molecule has 2 rings (SSSR count). The largest absolute Gasteiger partial charge is 0.375 e. The zero-order valence-electron chi connectivity index (χ0n) is 16.2. The van der Waals surface area contributed by atoms with Crippen LogP contribution in [0.15, 0.2) is 40.7 Å². The van der Waals surface area contributed by atoms with Crippen molar-refractivity contribution in [1.29, 1.82) is 0 Å². The maximum atomic E-state index is 5.67. The number of rotatable bonds is 8. The van der Waals surface area contributed by atoms with Crippen LogP contribution in [0.1, 0.15) is 37.0 Å². The molecule has 0 unspecified atom stereocenters. The van der Waals surface area contributed by atoms with Gasteiger partial charge >= 0.3 is 0 Å². The normalized spacial score (nSPS) is 12.2. The molecule has 0 fully saturated rings. The van der Waals surface area contributed by atoms with Crippen molar-refractivity contribution in [2.45, 2.75) is 39.2 Å². The summed E-state index contributed by atoms with van der Waals surface area (Å²) in [5, 5.41) is 9.91. The number of nitrogens with one attached hydrogen (secondary N) is 2. The van der Waals surface area contributed by atoms with Gasteiger partial charge in [-0.1, -0.05) is 51.1 Å². The fraction of sp³-hybridized carbons (Fsp3) is 0.500. The standard InChI is InChI=1S/C20H30N4OS/c1-20(2,3)17-15-26-18(24-17)10-11-22-19(21-4)23-12-13-25-14-16-8-6-5-7-9-16/h5-9,15H,10-14H2,1-4H3,(H2,21,22,23). The lowest BCUT2D eigenvalue weighted by Crippen LogP contribution is -2.39. The number of hydrogen-bond donors (Lipinski definition) is 2. The molecule has 0 atom stereocenters. The molecule has 142 valence electrons. The lowest BCUT2D eigenvalue weighted by Gasteiger charge is -2.14. The summed E-state index contributed by atoms with van der Waals surface area (Å²) in [6, 6.07) is 10.2. The van der Waals surface area contributed by atoms with E-state index in [1.54, 1.807) is 18.4 Å². The van der Waals surface area contributed by atoms with Crippen LogP contribution in [0.25, 0.3) is 0 Å². The Balaban J connectivity index is 1.61. The van der Waals surface area contributed by atoms with Gasteiger partial charge < -0.3 is 15.4 Å². The van der Waals surface area contributed by atoms with E-state index in [0.29, 0.717) is 13.2 Å². The van der Waals surface area contributed by atoms with Crippen LogP contribution in [0.3, 0.4) is 0 Å². The molecule has 0 saturated heterocycles. The predicted octanol–water partition coefficient (Wildman–Crippen LogP) is 3.36. The summed E-state index contributed by atoms with van der Waals surface area (Å²) in [5.74, 6) is 0.793. The molecular weight excluding hydrogens is 344 g/mol. The van der Waals surface area contributed by atoms with Crippen LogP contribution in [0.5, 0.6) is 0 Å². The number of nitrogens with zero attached hydrogens (tertiary/aromatic N) is 2. The molecule has 1 heterocycles.